The number of hydrogen-bond acceptors (Lipinski definition) is 5. The number of hydrogen-bond donors (Lipinski definition) is 1. The SMILES string of the molecule is Cc1ccc(Cn2cc(NC(=O)c3noc(C)c3COc3cccc(Cl)c3)cn2)cc1. The zero-order chi connectivity index (χ0) is 21.8. The molecular weight excluding hydrogens is 416 g/mol. The molecule has 0 bridgehead atoms. The number of aryl methyl sites for hydroxylation is 2. The molecular formula is C23H21ClN4O3. The van der Waals surface area contributed by atoms with Crippen molar-refractivity contribution in [2.75, 3.05) is 5.32 Å². The van der Waals surface area contributed by atoms with Crippen LogP contribution in [0.25, 0.3) is 0 Å². The molecule has 4 aromatic rings. The predicted octanol–water partition coefficient (Wildman–Crippen LogP) is 5.02. The number of amides is 1. The van der Waals surface area contributed by atoms with Gasteiger partial charge in [-0.05, 0) is 37.6 Å². The molecule has 158 valence electrons. The standard InChI is InChI=1S/C23H21ClN4O3/c1-15-6-8-17(9-7-15)12-28-13-19(11-25-28)26-23(29)22-21(16(2)31-27-22)14-30-20-5-3-4-18(24)10-20/h3-11,13H,12,14H2,1-2H3,(H,26,29). The fraction of sp³-hybridized carbons (Fsp3) is 0.174. The third-order valence-electron chi connectivity index (χ3n) is 4.74. The molecule has 0 aliphatic carbocycles. The number of anilines is 1. The maximum Gasteiger partial charge on any atom is 0.278 e. The second-order valence-electron chi connectivity index (χ2n) is 7.18. The van der Waals surface area contributed by atoms with Gasteiger partial charge in [0.1, 0.15) is 18.1 Å². The summed E-state index contributed by atoms with van der Waals surface area (Å²) in [6.45, 7) is 4.52. The van der Waals surface area contributed by atoms with Crippen molar-refractivity contribution in [1.29, 1.82) is 0 Å². The minimum atomic E-state index is -0.392. The maximum absolute atomic E-state index is 12.8. The van der Waals surface area contributed by atoms with E-state index in [-0.39, 0.29) is 12.3 Å². The van der Waals surface area contributed by atoms with E-state index in [1.54, 1.807) is 48.3 Å². The molecule has 2 heterocycles. The summed E-state index contributed by atoms with van der Waals surface area (Å²) in [7, 11) is 0. The lowest BCUT2D eigenvalue weighted by Crippen LogP contribution is -2.15. The average molecular weight is 437 g/mol. The highest BCUT2D eigenvalue weighted by Gasteiger charge is 2.21. The Morgan fingerprint density at radius 2 is 2.00 bits per heavy atom. The molecule has 8 heteroatoms. The number of benzene rings is 2. The molecule has 0 atom stereocenters. The minimum absolute atomic E-state index is 0.130. The Hall–Kier alpha value is -3.58. The summed E-state index contributed by atoms with van der Waals surface area (Å²) >= 11 is 5.99. The first kappa shape index (κ1) is 20.7. The Morgan fingerprint density at radius 3 is 2.77 bits per heavy atom. The van der Waals surface area contributed by atoms with Crippen LogP contribution in [0.4, 0.5) is 5.69 Å². The van der Waals surface area contributed by atoms with E-state index in [0.29, 0.717) is 34.3 Å². The molecule has 0 saturated heterocycles. The van der Waals surface area contributed by atoms with E-state index < -0.39 is 5.91 Å². The summed E-state index contributed by atoms with van der Waals surface area (Å²) in [6.07, 6.45) is 3.37. The number of ether oxygens (including phenoxy) is 1. The first-order valence-electron chi connectivity index (χ1n) is 9.71. The number of nitrogens with zero attached hydrogens (tertiary/aromatic N) is 3. The number of nitrogens with one attached hydrogen (secondary N) is 1. The monoisotopic (exact) mass is 436 g/mol. The first-order chi connectivity index (χ1) is 15.0. The lowest BCUT2D eigenvalue weighted by Gasteiger charge is -2.07. The van der Waals surface area contributed by atoms with Crippen molar-refractivity contribution < 1.29 is 14.1 Å². The molecule has 0 aliphatic heterocycles. The number of carbonyl (C=O) groups excluding carboxylic acids is 1. The van der Waals surface area contributed by atoms with Crippen LogP contribution in [0.5, 0.6) is 5.75 Å². The lowest BCUT2D eigenvalue weighted by atomic mass is 10.1. The van der Waals surface area contributed by atoms with E-state index in [4.69, 9.17) is 20.9 Å². The van der Waals surface area contributed by atoms with Gasteiger partial charge in [-0.25, -0.2) is 0 Å². The normalized spacial score (nSPS) is 10.8. The number of aromatic nitrogens is 3. The Balaban J connectivity index is 1.42. The van der Waals surface area contributed by atoms with Gasteiger partial charge >= 0.3 is 0 Å². The zero-order valence-corrected chi connectivity index (χ0v) is 17.9. The van der Waals surface area contributed by atoms with E-state index in [0.717, 1.165) is 5.56 Å². The zero-order valence-electron chi connectivity index (χ0n) is 17.1. The molecule has 1 amide bonds. The average Bonchev–Trinajstić information content (AvgIpc) is 3.34. The molecule has 0 radical (unpaired) electrons. The van der Waals surface area contributed by atoms with Crippen molar-refractivity contribution in [3.8, 4) is 5.75 Å². The second kappa shape index (κ2) is 9.06. The van der Waals surface area contributed by atoms with Crippen LogP contribution in [-0.2, 0) is 13.2 Å². The summed E-state index contributed by atoms with van der Waals surface area (Å²) < 4.78 is 12.7. The van der Waals surface area contributed by atoms with Gasteiger partial charge in [0.05, 0.1) is 24.0 Å². The van der Waals surface area contributed by atoms with Gasteiger partial charge in [-0.2, -0.15) is 5.10 Å². The highest BCUT2D eigenvalue weighted by atomic mass is 35.5. The maximum atomic E-state index is 12.8. The molecule has 0 saturated carbocycles. The molecule has 1 N–H and O–H groups in total. The largest absolute Gasteiger partial charge is 0.489 e. The predicted molar refractivity (Wildman–Crippen MR) is 117 cm³/mol. The minimum Gasteiger partial charge on any atom is -0.489 e. The smallest absolute Gasteiger partial charge is 0.278 e. The molecule has 7 nitrogen and oxygen atoms in total. The van der Waals surface area contributed by atoms with Crippen LogP contribution in [0.2, 0.25) is 5.02 Å². The third kappa shape index (κ3) is 5.13. The van der Waals surface area contributed by atoms with Crippen molar-refractivity contribution in [2.45, 2.75) is 27.0 Å². The van der Waals surface area contributed by atoms with Crippen LogP contribution in [0, 0.1) is 13.8 Å². The van der Waals surface area contributed by atoms with Gasteiger partial charge in [-0.1, -0.05) is 52.7 Å². The van der Waals surface area contributed by atoms with Gasteiger partial charge in [0.15, 0.2) is 5.69 Å². The Kier molecular flexibility index (Phi) is 6.04. The van der Waals surface area contributed by atoms with Crippen LogP contribution in [0.3, 0.4) is 0 Å². The van der Waals surface area contributed by atoms with E-state index >= 15 is 0 Å². The van der Waals surface area contributed by atoms with Gasteiger partial charge in [-0.3, -0.25) is 9.48 Å². The summed E-state index contributed by atoms with van der Waals surface area (Å²) in [5, 5.41) is 11.6. The quantitative estimate of drug-likeness (QED) is 0.439. The summed E-state index contributed by atoms with van der Waals surface area (Å²) in [6, 6.07) is 15.3. The molecule has 0 fully saturated rings. The molecule has 2 aromatic carbocycles. The summed E-state index contributed by atoms with van der Waals surface area (Å²) in [4.78, 5) is 12.8. The van der Waals surface area contributed by atoms with Crippen LogP contribution in [-0.4, -0.2) is 20.8 Å². The number of halogens is 1. The van der Waals surface area contributed by atoms with E-state index in [1.165, 1.54) is 5.56 Å². The molecule has 4 rings (SSSR count). The van der Waals surface area contributed by atoms with Crippen molar-refractivity contribution >= 4 is 23.2 Å². The van der Waals surface area contributed by atoms with Gasteiger partial charge < -0.3 is 14.6 Å². The molecule has 31 heavy (non-hydrogen) atoms. The van der Waals surface area contributed by atoms with Crippen molar-refractivity contribution in [3.63, 3.8) is 0 Å². The highest BCUT2D eigenvalue weighted by molar-refractivity contribution is 6.30. The topological polar surface area (TPSA) is 82.2 Å². The van der Waals surface area contributed by atoms with Crippen LogP contribution >= 0.6 is 11.6 Å². The Labute approximate surface area is 184 Å². The lowest BCUT2D eigenvalue weighted by molar-refractivity contribution is 0.101. The van der Waals surface area contributed by atoms with Crippen molar-refractivity contribution in [3.05, 3.63) is 94.1 Å². The Bertz CT molecular complexity index is 1200. The molecule has 0 spiro atoms. The Morgan fingerprint density at radius 1 is 1.19 bits per heavy atom. The fourth-order valence-electron chi connectivity index (χ4n) is 3.04. The van der Waals surface area contributed by atoms with Gasteiger partial charge in [-0.15, -0.1) is 0 Å². The van der Waals surface area contributed by atoms with Gasteiger partial charge in [0, 0.05) is 11.2 Å². The second-order valence-corrected chi connectivity index (χ2v) is 7.61. The van der Waals surface area contributed by atoms with Crippen LogP contribution in [0.15, 0.2) is 65.4 Å². The molecule has 0 aliphatic rings. The van der Waals surface area contributed by atoms with E-state index in [2.05, 4.69) is 39.8 Å². The summed E-state index contributed by atoms with van der Waals surface area (Å²) in [5.74, 6) is 0.718. The van der Waals surface area contributed by atoms with E-state index in [1.807, 2.05) is 6.92 Å². The highest BCUT2D eigenvalue weighted by Crippen LogP contribution is 2.21. The summed E-state index contributed by atoms with van der Waals surface area (Å²) in [5.41, 5.74) is 3.64. The van der Waals surface area contributed by atoms with Crippen molar-refractivity contribution in [1.82, 2.24) is 14.9 Å². The molecule has 0 unspecified atom stereocenters. The first-order valence-corrected chi connectivity index (χ1v) is 10.1. The van der Waals surface area contributed by atoms with Crippen LogP contribution in [0.1, 0.15) is 32.9 Å². The van der Waals surface area contributed by atoms with E-state index in [9.17, 15) is 4.79 Å². The third-order valence-corrected chi connectivity index (χ3v) is 4.97. The number of carbonyl (C=O) groups is 1. The molecule has 2 aromatic heterocycles. The van der Waals surface area contributed by atoms with Gasteiger partial charge in [0.25, 0.3) is 5.91 Å². The van der Waals surface area contributed by atoms with Gasteiger partial charge in [0.2, 0.25) is 0 Å². The van der Waals surface area contributed by atoms with Crippen molar-refractivity contribution in [2.24, 2.45) is 0 Å². The van der Waals surface area contributed by atoms with Crippen LogP contribution < -0.4 is 10.1 Å². The number of rotatable bonds is 7. The fourth-order valence-corrected chi connectivity index (χ4v) is 3.22.